The number of fused-ring (bicyclic) bond motifs is 2. The van der Waals surface area contributed by atoms with Gasteiger partial charge in [0.05, 0.1) is 37.8 Å². The standard InChI is InChI=1S/C16H15N9O/c26-4-3-23-9-12(5-19-23)13-6-17-15-16(21-13)25(22-15)8-11-1-2-14-18-10-20-24(14)7-11/h1-2,5-7,9-10,26H,3-4,8H2,(H,17,22). The third-order valence-corrected chi connectivity index (χ3v) is 4.18. The molecule has 2 N–H and O–H groups in total. The summed E-state index contributed by atoms with van der Waals surface area (Å²) < 4.78 is 5.36. The van der Waals surface area contributed by atoms with Crippen molar-refractivity contribution in [3.05, 3.63) is 48.8 Å². The van der Waals surface area contributed by atoms with Gasteiger partial charge in [0, 0.05) is 18.0 Å². The molecule has 0 amide bonds. The van der Waals surface area contributed by atoms with E-state index in [2.05, 4.69) is 30.2 Å². The quantitative estimate of drug-likeness (QED) is 0.483. The van der Waals surface area contributed by atoms with E-state index < -0.39 is 0 Å². The Bertz CT molecular complexity index is 1190. The molecule has 0 saturated carbocycles. The molecule has 130 valence electrons. The molecule has 0 bridgehead atoms. The second-order valence-electron chi connectivity index (χ2n) is 5.94. The maximum absolute atomic E-state index is 9.00. The van der Waals surface area contributed by atoms with Crippen molar-refractivity contribution >= 4 is 16.9 Å². The van der Waals surface area contributed by atoms with E-state index in [1.54, 1.807) is 21.6 Å². The van der Waals surface area contributed by atoms with E-state index in [0.29, 0.717) is 13.1 Å². The minimum atomic E-state index is 0.0464. The Morgan fingerprint density at radius 2 is 2.04 bits per heavy atom. The van der Waals surface area contributed by atoms with Crippen LogP contribution < -0.4 is 0 Å². The number of nitrogens with one attached hydrogen (secondary N) is 1. The molecule has 0 atom stereocenters. The first-order chi connectivity index (χ1) is 12.8. The maximum Gasteiger partial charge on any atom is 0.193 e. The zero-order chi connectivity index (χ0) is 17.5. The van der Waals surface area contributed by atoms with Crippen molar-refractivity contribution in [3.8, 4) is 11.3 Å². The van der Waals surface area contributed by atoms with Gasteiger partial charge in [-0.15, -0.1) is 0 Å². The lowest BCUT2D eigenvalue weighted by molar-refractivity contribution is 0.269. The van der Waals surface area contributed by atoms with Gasteiger partial charge in [-0.05, 0) is 11.6 Å². The van der Waals surface area contributed by atoms with Crippen LogP contribution in [0, 0.1) is 0 Å². The fourth-order valence-corrected chi connectivity index (χ4v) is 2.88. The van der Waals surface area contributed by atoms with Crippen LogP contribution in [-0.2, 0) is 13.1 Å². The number of hydrogen-bond donors (Lipinski definition) is 2. The molecular formula is C16H15N9O. The molecule has 10 nitrogen and oxygen atoms in total. The lowest BCUT2D eigenvalue weighted by atomic mass is 10.2. The molecule has 10 heteroatoms. The predicted molar refractivity (Wildman–Crippen MR) is 92.3 cm³/mol. The SMILES string of the molecule is OCCn1cc(-c2cnc3[nH]n(Cc4ccc5ncnn5c4)c3n2)cn1. The van der Waals surface area contributed by atoms with E-state index in [4.69, 9.17) is 5.11 Å². The number of H-pyrrole nitrogens is 1. The highest BCUT2D eigenvalue weighted by Gasteiger charge is 2.12. The molecule has 0 aliphatic rings. The van der Waals surface area contributed by atoms with Crippen molar-refractivity contribution in [2.24, 2.45) is 0 Å². The number of aromatic nitrogens is 9. The van der Waals surface area contributed by atoms with Gasteiger partial charge in [-0.1, -0.05) is 6.07 Å². The zero-order valence-electron chi connectivity index (χ0n) is 13.7. The van der Waals surface area contributed by atoms with Gasteiger partial charge >= 0.3 is 0 Å². The molecule has 0 unspecified atom stereocenters. The Kier molecular flexibility index (Phi) is 3.28. The highest BCUT2D eigenvalue weighted by molar-refractivity contribution is 5.71. The number of rotatable bonds is 5. The van der Waals surface area contributed by atoms with E-state index in [9.17, 15) is 0 Å². The normalized spacial score (nSPS) is 11.7. The van der Waals surface area contributed by atoms with Crippen LogP contribution >= 0.6 is 0 Å². The first-order valence-electron chi connectivity index (χ1n) is 8.13. The van der Waals surface area contributed by atoms with Gasteiger partial charge in [0.2, 0.25) is 0 Å². The van der Waals surface area contributed by atoms with Crippen molar-refractivity contribution in [3.63, 3.8) is 0 Å². The number of pyridine rings is 1. The van der Waals surface area contributed by atoms with Gasteiger partial charge in [0.15, 0.2) is 16.9 Å². The van der Waals surface area contributed by atoms with E-state index in [-0.39, 0.29) is 6.61 Å². The minimum Gasteiger partial charge on any atom is -0.394 e. The predicted octanol–water partition coefficient (Wildman–Crippen LogP) is 0.706. The molecule has 5 aromatic rings. The van der Waals surface area contributed by atoms with E-state index in [1.807, 2.05) is 29.2 Å². The molecule has 26 heavy (non-hydrogen) atoms. The van der Waals surface area contributed by atoms with Gasteiger partial charge in [0.25, 0.3) is 0 Å². The second kappa shape index (κ2) is 5.77. The Balaban J connectivity index is 1.45. The van der Waals surface area contributed by atoms with Crippen LogP contribution in [0.3, 0.4) is 0 Å². The summed E-state index contributed by atoms with van der Waals surface area (Å²) in [5, 5.41) is 20.5. The summed E-state index contributed by atoms with van der Waals surface area (Å²) in [6, 6.07) is 3.95. The van der Waals surface area contributed by atoms with Crippen molar-refractivity contribution in [1.82, 2.24) is 44.1 Å². The van der Waals surface area contributed by atoms with Crippen LogP contribution in [0.1, 0.15) is 5.56 Å². The summed E-state index contributed by atoms with van der Waals surface area (Å²) in [5.74, 6) is 0. The number of aromatic amines is 1. The fraction of sp³-hybridized carbons (Fsp3) is 0.188. The van der Waals surface area contributed by atoms with Crippen molar-refractivity contribution < 1.29 is 5.11 Å². The molecule has 5 heterocycles. The van der Waals surface area contributed by atoms with Crippen molar-refractivity contribution in [1.29, 1.82) is 0 Å². The van der Waals surface area contributed by atoms with Crippen molar-refractivity contribution in [2.45, 2.75) is 13.1 Å². The lowest BCUT2D eigenvalue weighted by Gasteiger charge is -2.15. The number of aliphatic hydroxyl groups excluding tert-OH is 1. The molecule has 0 aliphatic carbocycles. The molecule has 0 aliphatic heterocycles. The maximum atomic E-state index is 9.00. The average molecular weight is 349 g/mol. The molecule has 0 radical (unpaired) electrons. The molecule has 0 fully saturated rings. The van der Waals surface area contributed by atoms with Gasteiger partial charge in [-0.3, -0.25) is 14.5 Å². The van der Waals surface area contributed by atoms with Crippen LogP contribution in [0.2, 0.25) is 0 Å². The first kappa shape index (κ1) is 14.8. The fourth-order valence-electron chi connectivity index (χ4n) is 2.88. The molecular weight excluding hydrogens is 334 g/mol. The summed E-state index contributed by atoms with van der Waals surface area (Å²) in [6.45, 7) is 1.13. The van der Waals surface area contributed by atoms with Crippen molar-refractivity contribution in [2.75, 3.05) is 6.61 Å². The third kappa shape index (κ3) is 2.43. The number of hydrogen-bond acceptors (Lipinski definition) is 6. The average Bonchev–Trinajstić information content (AvgIpc) is 3.29. The Morgan fingerprint density at radius 1 is 1.08 bits per heavy atom. The highest BCUT2D eigenvalue weighted by atomic mass is 16.3. The lowest BCUT2D eigenvalue weighted by Crippen LogP contribution is -2.15. The summed E-state index contributed by atoms with van der Waals surface area (Å²) in [4.78, 5) is 13.2. The van der Waals surface area contributed by atoms with Crippen LogP contribution in [-0.4, -0.2) is 55.8 Å². The topological polar surface area (TPSA) is 115 Å². The van der Waals surface area contributed by atoms with E-state index >= 15 is 0 Å². The number of nitrogens with zero attached hydrogens (tertiary/aromatic N) is 8. The molecule has 5 aromatic heterocycles. The summed E-state index contributed by atoms with van der Waals surface area (Å²) in [5.41, 5.74) is 5.03. The Morgan fingerprint density at radius 3 is 2.96 bits per heavy atom. The van der Waals surface area contributed by atoms with Crippen LogP contribution in [0.25, 0.3) is 28.2 Å². The Labute approximate surface area is 146 Å². The zero-order valence-corrected chi connectivity index (χ0v) is 13.7. The number of aliphatic hydroxyl groups is 1. The van der Waals surface area contributed by atoms with Gasteiger partial charge < -0.3 is 5.11 Å². The van der Waals surface area contributed by atoms with Gasteiger partial charge in [-0.2, -0.15) is 10.2 Å². The second-order valence-corrected chi connectivity index (χ2v) is 5.94. The minimum absolute atomic E-state index is 0.0464. The largest absolute Gasteiger partial charge is 0.394 e. The smallest absolute Gasteiger partial charge is 0.193 e. The van der Waals surface area contributed by atoms with Gasteiger partial charge in [-0.25, -0.2) is 19.5 Å². The highest BCUT2D eigenvalue weighted by Crippen LogP contribution is 2.20. The summed E-state index contributed by atoms with van der Waals surface area (Å²) >= 11 is 0. The third-order valence-electron chi connectivity index (χ3n) is 4.18. The molecule has 0 aromatic carbocycles. The van der Waals surface area contributed by atoms with Gasteiger partial charge in [0.1, 0.15) is 6.33 Å². The van der Waals surface area contributed by atoms with E-state index in [0.717, 1.165) is 33.8 Å². The van der Waals surface area contributed by atoms with Crippen LogP contribution in [0.4, 0.5) is 0 Å². The summed E-state index contributed by atoms with van der Waals surface area (Å²) in [7, 11) is 0. The Hall–Kier alpha value is -3.53. The van der Waals surface area contributed by atoms with Crippen LogP contribution in [0.5, 0.6) is 0 Å². The van der Waals surface area contributed by atoms with E-state index in [1.165, 1.54) is 6.33 Å². The first-order valence-corrected chi connectivity index (χ1v) is 8.13. The molecule has 0 saturated heterocycles. The molecule has 0 spiro atoms. The monoisotopic (exact) mass is 349 g/mol. The molecule has 5 rings (SSSR count). The van der Waals surface area contributed by atoms with Crippen LogP contribution in [0.15, 0.2) is 43.2 Å². The summed E-state index contributed by atoms with van der Waals surface area (Å²) in [6.07, 6.45) is 8.76.